The van der Waals surface area contributed by atoms with Gasteiger partial charge in [0.2, 0.25) is 5.91 Å². The number of ether oxygens (including phenoxy) is 18. The van der Waals surface area contributed by atoms with Gasteiger partial charge in [-0.15, -0.1) is 0 Å². The van der Waals surface area contributed by atoms with Gasteiger partial charge >= 0.3 is 6.03 Å². The van der Waals surface area contributed by atoms with Crippen molar-refractivity contribution in [2.75, 3.05) is 119 Å². The van der Waals surface area contributed by atoms with Crippen LogP contribution >= 0.6 is 0 Å². The van der Waals surface area contributed by atoms with Crippen molar-refractivity contribution < 1.29 is 257 Å². The molecule has 0 saturated carbocycles. The summed E-state index contributed by atoms with van der Waals surface area (Å²) in [7, 11) is 0. The Kier molecular flexibility index (Phi) is 46.5. The molecule has 0 aliphatic carbocycles. The molecule has 56 nitrogen and oxygen atoms in total. The van der Waals surface area contributed by atoms with E-state index in [0.717, 1.165) is 0 Å². The van der Waals surface area contributed by atoms with Crippen LogP contribution in [0.15, 0.2) is 0 Å². The van der Waals surface area contributed by atoms with Crippen molar-refractivity contribution in [3.8, 4) is 0 Å². The van der Waals surface area contributed by atoms with E-state index in [2.05, 4.69) is 16.0 Å². The molecule has 0 aromatic heterocycles. The monoisotopic (exact) mass is 1890 g/mol. The quantitative estimate of drug-likeness (QED) is 0.0253. The van der Waals surface area contributed by atoms with E-state index in [4.69, 9.17) is 102 Å². The van der Waals surface area contributed by atoms with Crippen LogP contribution in [0.5, 0.6) is 0 Å². The number of rotatable bonds is 40. The molecule has 9 aliphatic rings. The summed E-state index contributed by atoms with van der Waals surface area (Å²) < 4.78 is 124. The Labute approximate surface area is 726 Å². The number of aliphatic hydroxyl groups is 30. The summed E-state index contributed by atoms with van der Waals surface area (Å²) in [5.74, 6) is -3.74. The fraction of sp³-hybridized carbons (Fsp3) is 0.971. The fourth-order valence-corrected chi connectivity index (χ4v) is 14.4. The highest BCUT2D eigenvalue weighted by atomic mass is 19.3. The van der Waals surface area contributed by atoms with Crippen molar-refractivity contribution in [2.45, 2.75) is 308 Å². The van der Waals surface area contributed by atoms with Crippen LogP contribution in [0.25, 0.3) is 0 Å². The van der Waals surface area contributed by atoms with E-state index >= 15 is 0 Å². The van der Waals surface area contributed by atoms with Gasteiger partial charge in [0, 0.05) is 26.1 Å². The highest BCUT2D eigenvalue weighted by Crippen LogP contribution is 2.39. The standard InChI is InChI=1S/C25H46N2O17.C24H45N3O17.C21H37F2NO16/c26-4-2-1-3-13(31)27-5-6-39-23-19(37)21(15(33)11(8-29)40-23)44-25-20(38)22(16(34)12(9-30)42-25)43-24-18(36)17(35)14(32)10(7-28)41-24;25-2-1-3-26-24(38)27-4-5-39-21-17(36)19(13(32)10(7-29)40-21)44-23-18(37)20(14(33)11(8-30)42-23)43-22-16(35)15(34)12(31)9(6-28)41-22;22-21(23,4-24)5-35-18-14(33)16(10(29)7(2-26)36-18)40-20-15(34)17(11(30)8(3-27)38-20)39-19-13(32)12(31)9(28)6(1-25)37-19/h10-12,14-25,28-30,32-38H,1-9,26H2,(H,27,31);9-23,28-37H,1-8,25H2,(H2,26,27,38);6-20,25-34H,1-5,24H2/t10?,11?,12?,14-,15-,16-,17+,18?,19?,20?,21+,22+,23+,24-,25-;9?,10?,11?,12-,13-,14-,15+,16?,17?,18?,19+,20+,21+,22-,23-;6?,7?,8?,9-,10-,11-,12+,13?,14?,15?,16+,17+,18+,19-,20-/m111/s1. The Morgan fingerprint density at radius 3 is 0.758 bits per heavy atom. The molecule has 39 N–H and O–H groups in total. The third-order valence-electron chi connectivity index (χ3n) is 21.9. The van der Waals surface area contributed by atoms with E-state index < -0.39 is 361 Å². The number of alkyl halides is 2. The molecule has 0 aromatic carbocycles. The lowest BCUT2D eigenvalue weighted by Crippen LogP contribution is -2.67. The van der Waals surface area contributed by atoms with Crippen LogP contribution < -0.4 is 33.2 Å². The zero-order valence-corrected chi connectivity index (χ0v) is 68.6. The summed E-state index contributed by atoms with van der Waals surface area (Å²) in [6.45, 7) is -8.73. The molecule has 0 radical (unpaired) electrons. The van der Waals surface area contributed by atoms with Crippen molar-refractivity contribution in [2.24, 2.45) is 17.2 Å². The maximum atomic E-state index is 13.6. The van der Waals surface area contributed by atoms with Gasteiger partial charge in [0.05, 0.1) is 79.2 Å². The first-order chi connectivity index (χ1) is 60.8. The van der Waals surface area contributed by atoms with E-state index in [9.17, 15) is 172 Å². The van der Waals surface area contributed by atoms with Crippen LogP contribution in [-0.4, -0.2) is 566 Å². The van der Waals surface area contributed by atoms with Crippen LogP contribution in [0.2, 0.25) is 0 Å². The predicted molar refractivity (Wildman–Crippen MR) is 400 cm³/mol. The van der Waals surface area contributed by atoms with Gasteiger partial charge in [-0.2, -0.15) is 0 Å². The molecular weight excluding hydrogens is 1760 g/mol. The lowest BCUT2D eigenvalue weighted by molar-refractivity contribution is -0.382. The Hall–Kier alpha value is -3.44. The molecule has 0 spiro atoms. The summed E-state index contributed by atoms with van der Waals surface area (Å²) in [5, 5.41) is 315. The second kappa shape index (κ2) is 53.3. The summed E-state index contributed by atoms with van der Waals surface area (Å²) in [6, 6.07) is -0.485. The van der Waals surface area contributed by atoms with Crippen molar-refractivity contribution in [1.29, 1.82) is 0 Å². The van der Waals surface area contributed by atoms with E-state index in [1.165, 1.54) is 0 Å². The summed E-state index contributed by atoms with van der Waals surface area (Å²) >= 11 is 0. The molecule has 9 fully saturated rings. The van der Waals surface area contributed by atoms with Crippen LogP contribution in [0.4, 0.5) is 13.6 Å². The first kappa shape index (κ1) is 112. The maximum absolute atomic E-state index is 13.6. The Morgan fingerprint density at radius 2 is 0.500 bits per heavy atom. The molecule has 0 aromatic rings. The zero-order chi connectivity index (χ0) is 95.0. The molecule has 9 rings (SSSR count). The minimum absolute atomic E-state index is 0.0175. The summed E-state index contributed by atoms with van der Waals surface area (Å²) in [4.78, 5) is 23.6. The highest BCUT2D eigenvalue weighted by molar-refractivity contribution is 5.75. The highest BCUT2D eigenvalue weighted by Gasteiger charge is 2.59. The van der Waals surface area contributed by atoms with Crippen LogP contribution in [0.3, 0.4) is 0 Å². The maximum Gasteiger partial charge on any atom is 0.314 e. The molecule has 3 amide bonds. The van der Waals surface area contributed by atoms with Gasteiger partial charge in [-0.05, 0) is 32.4 Å². The second-order valence-electron chi connectivity index (χ2n) is 31.0. The fourth-order valence-electron chi connectivity index (χ4n) is 14.4. The van der Waals surface area contributed by atoms with E-state index in [1.54, 1.807) is 0 Å². The molecule has 0 bridgehead atoms. The van der Waals surface area contributed by atoms with Gasteiger partial charge in [-0.3, -0.25) is 4.79 Å². The third-order valence-corrected chi connectivity index (χ3v) is 21.9. The average Bonchev–Trinajstić information content (AvgIpc) is 0.779. The normalized spacial score (nSPS) is 44.3. The Morgan fingerprint density at radius 1 is 0.273 bits per heavy atom. The van der Waals surface area contributed by atoms with E-state index in [0.29, 0.717) is 38.9 Å². The molecule has 9 heterocycles. The van der Waals surface area contributed by atoms with Gasteiger partial charge in [0.25, 0.3) is 5.92 Å². The second-order valence-corrected chi connectivity index (χ2v) is 31.0. The van der Waals surface area contributed by atoms with Gasteiger partial charge in [0.15, 0.2) is 56.6 Å². The topological polar surface area (TPSA) is 921 Å². The van der Waals surface area contributed by atoms with Gasteiger partial charge in [0.1, 0.15) is 226 Å². The molecular formula is C70H128F2N6O50. The van der Waals surface area contributed by atoms with Crippen molar-refractivity contribution >= 4 is 11.9 Å². The lowest BCUT2D eigenvalue weighted by atomic mass is 9.96. The molecule has 9 aliphatic heterocycles. The van der Waals surface area contributed by atoms with Crippen molar-refractivity contribution in [3.63, 3.8) is 0 Å². The molecule has 18 unspecified atom stereocenters. The molecule has 45 atom stereocenters. The number of aliphatic hydroxyl groups excluding tert-OH is 30. The number of nitrogens with two attached hydrogens (primary N) is 3. The SMILES string of the molecule is NCC(F)(F)CO[C@H]1OC(CO)[C@@H](O)[C@H](O[C@H]2OC(CO)[C@@H](O)[C@H](O[C@H]3OC(CO)[C@@H](O)[C@H](O)C3O)C2O)C1O.NCCCCC(=O)NCCO[C@H]1OC(CO)[C@@H](O)[C@H](O[C@H]2OC(CO)[C@@H](O)[C@H](O[C@H]3OC(CO)[C@@H](O)[C@H](O)C3O)C2O)C1O.NCCCNC(=O)NCCO[C@H]1OC(CO)[C@@H](O)[C@H](O[C@H]2OC(CO)[C@@H](O)[C@H](O[C@H]3OC(CO)[C@@H](O)[C@H](O)C3O)C2O)C1O. The van der Waals surface area contributed by atoms with Crippen LogP contribution in [0, 0.1) is 0 Å². The number of hydrogen-bond donors (Lipinski definition) is 36. The number of halogens is 2. The first-order valence-corrected chi connectivity index (χ1v) is 41.0. The summed E-state index contributed by atoms with van der Waals surface area (Å²) in [6.07, 6.45) is -75.3. The number of hydrogen-bond acceptors (Lipinski definition) is 53. The van der Waals surface area contributed by atoms with E-state index in [-0.39, 0.29) is 38.6 Å². The zero-order valence-electron chi connectivity index (χ0n) is 68.6. The number of nitrogens with one attached hydrogen (secondary N) is 3. The van der Waals surface area contributed by atoms with Gasteiger partial charge < -0.3 is 272 Å². The van der Waals surface area contributed by atoms with Crippen LogP contribution in [-0.2, 0) is 90.1 Å². The third kappa shape index (κ3) is 28.6. The molecule has 58 heteroatoms. The van der Waals surface area contributed by atoms with Crippen molar-refractivity contribution in [1.82, 2.24) is 16.0 Å². The minimum atomic E-state index is -3.51. The molecule has 752 valence electrons. The number of amides is 3. The molecule has 128 heavy (non-hydrogen) atoms. The van der Waals surface area contributed by atoms with Crippen LogP contribution in [0.1, 0.15) is 25.7 Å². The predicted octanol–water partition coefficient (Wildman–Crippen LogP) is -22.2. The average molecular weight is 1890 g/mol. The van der Waals surface area contributed by atoms with Gasteiger partial charge in [-0.1, -0.05) is 0 Å². The van der Waals surface area contributed by atoms with E-state index in [1.807, 2.05) is 0 Å². The Balaban J connectivity index is 0.000000263. The van der Waals surface area contributed by atoms with Gasteiger partial charge in [-0.25, -0.2) is 13.6 Å². The van der Waals surface area contributed by atoms with Crippen molar-refractivity contribution in [3.05, 3.63) is 0 Å². The first-order valence-electron chi connectivity index (χ1n) is 41.0. The lowest BCUT2D eigenvalue weighted by Gasteiger charge is -2.48. The Bertz CT molecular complexity index is 3000. The number of urea groups is 1. The number of carbonyl (C=O) groups is 2. The number of unbranched alkanes of at least 4 members (excludes halogenated alkanes) is 1. The molecule has 9 saturated heterocycles. The minimum Gasteiger partial charge on any atom is -0.394 e. The summed E-state index contributed by atoms with van der Waals surface area (Å²) in [5.41, 5.74) is 15.7. The number of carbonyl (C=O) groups excluding carboxylic acids is 2. The smallest absolute Gasteiger partial charge is 0.314 e. The largest absolute Gasteiger partial charge is 0.394 e.